The van der Waals surface area contributed by atoms with Crippen molar-refractivity contribution < 1.29 is 5.11 Å². The van der Waals surface area contributed by atoms with Gasteiger partial charge in [-0.05, 0) is 49.3 Å². The van der Waals surface area contributed by atoms with Crippen molar-refractivity contribution >= 4 is 0 Å². The Labute approximate surface area is 103 Å². The van der Waals surface area contributed by atoms with Gasteiger partial charge in [0.1, 0.15) is 0 Å². The van der Waals surface area contributed by atoms with Gasteiger partial charge in [0.2, 0.25) is 0 Å². The Hall–Kier alpha value is -0.860. The number of hydrogen-bond donors (Lipinski definition) is 2. The summed E-state index contributed by atoms with van der Waals surface area (Å²) in [6.07, 6.45) is 5.89. The quantitative estimate of drug-likeness (QED) is 0.838. The molecule has 1 aliphatic heterocycles. The number of piperidine rings is 1. The zero-order chi connectivity index (χ0) is 11.7. The molecular formula is C15H21NO. The molecule has 17 heavy (non-hydrogen) atoms. The fourth-order valence-corrected chi connectivity index (χ4v) is 2.76. The molecule has 1 aromatic rings. The first-order valence-corrected chi connectivity index (χ1v) is 6.86. The van der Waals surface area contributed by atoms with Gasteiger partial charge in [-0.15, -0.1) is 0 Å². The maximum Gasteiger partial charge on any atom is 0.0942 e. The maximum atomic E-state index is 10.3. The lowest BCUT2D eigenvalue weighted by molar-refractivity contribution is 0.114. The molecule has 92 valence electrons. The van der Waals surface area contributed by atoms with Gasteiger partial charge in [0.05, 0.1) is 6.10 Å². The van der Waals surface area contributed by atoms with E-state index in [0.29, 0.717) is 0 Å². The lowest BCUT2D eigenvalue weighted by atomic mass is 9.94. The van der Waals surface area contributed by atoms with Crippen molar-refractivity contribution in [3.05, 3.63) is 35.4 Å². The Bertz CT molecular complexity index is 363. The Morgan fingerprint density at radius 3 is 2.41 bits per heavy atom. The Morgan fingerprint density at radius 1 is 1.06 bits per heavy atom. The van der Waals surface area contributed by atoms with Crippen molar-refractivity contribution in [2.75, 3.05) is 6.54 Å². The Morgan fingerprint density at radius 2 is 1.82 bits per heavy atom. The zero-order valence-electron chi connectivity index (χ0n) is 10.2. The second-order valence-electron chi connectivity index (χ2n) is 5.44. The van der Waals surface area contributed by atoms with Crippen LogP contribution < -0.4 is 5.32 Å². The van der Waals surface area contributed by atoms with Crippen LogP contribution >= 0.6 is 0 Å². The van der Waals surface area contributed by atoms with Gasteiger partial charge in [-0.1, -0.05) is 30.7 Å². The van der Waals surface area contributed by atoms with Crippen LogP contribution in [0, 0.1) is 0 Å². The van der Waals surface area contributed by atoms with Gasteiger partial charge < -0.3 is 10.4 Å². The number of aliphatic hydroxyl groups excluding tert-OH is 1. The van der Waals surface area contributed by atoms with Crippen molar-refractivity contribution in [1.82, 2.24) is 5.32 Å². The summed E-state index contributed by atoms with van der Waals surface area (Å²) >= 11 is 0. The smallest absolute Gasteiger partial charge is 0.0942 e. The standard InChI is InChI=1S/C15H21NO/c17-15(14-3-1-2-10-16-14)13-8-6-12(7-9-13)11-4-5-11/h6-9,11,14-17H,1-5,10H2. The third-order valence-corrected chi connectivity index (χ3v) is 4.06. The predicted octanol–water partition coefficient (Wildman–Crippen LogP) is 2.74. The summed E-state index contributed by atoms with van der Waals surface area (Å²) in [5.41, 5.74) is 2.51. The highest BCUT2D eigenvalue weighted by molar-refractivity contribution is 5.29. The maximum absolute atomic E-state index is 10.3. The van der Waals surface area contributed by atoms with E-state index in [1.54, 1.807) is 0 Å². The summed E-state index contributed by atoms with van der Waals surface area (Å²) in [5.74, 6) is 0.800. The normalized spacial score (nSPS) is 26.8. The summed E-state index contributed by atoms with van der Waals surface area (Å²) in [6.45, 7) is 1.04. The molecule has 0 radical (unpaired) electrons. The minimum Gasteiger partial charge on any atom is -0.387 e. The topological polar surface area (TPSA) is 32.3 Å². The van der Waals surface area contributed by atoms with Crippen LogP contribution in [-0.2, 0) is 0 Å². The largest absolute Gasteiger partial charge is 0.387 e. The number of hydrogen-bond acceptors (Lipinski definition) is 2. The Kier molecular flexibility index (Phi) is 3.17. The molecule has 1 saturated heterocycles. The fourth-order valence-electron chi connectivity index (χ4n) is 2.76. The monoisotopic (exact) mass is 231 g/mol. The first-order chi connectivity index (χ1) is 8.34. The molecular weight excluding hydrogens is 210 g/mol. The molecule has 2 fully saturated rings. The summed E-state index contributed by atoms with van der Waals surface area (Å²) in [7, 11) is 0. The molecule has 1 heterocycles. The molecule has 1 aromatic carbocycles. The van der Waals surface area contributed by atoms with Crippen LogP contribution in [0.4, 0.5) is 0 Å². The molecule has 2 N–H and O–H groups in total. The van der Waals surface area contributed by atoms with Crippen LogP contribution in [0.3, 0.4) is 0 Å². The average Bonchev–Trinajstić information content (AvgIpc) is 3.24. The molecule has 2 aliphatic rings. The molecule has 0 aromatic heterocycles. The van der Waals surface area contributed by atoms with Crippen LogP contribution in [0.1, 0.15) is 55.3 Å². The minimum absolute atomic E-state index is 0.246. The van der Waals surface area contributed by atoms with Gasteiger partial charge in [-0.25, -0.2) is 0 Å². The van der Waals surface area contributed by atoms with Gasteiger partial charge >= 0.3 is 0 Å². The zero-order valence-corrected chi connectivity index (χ0v) is 10.2. The third-order valence-electron chi connectivity index (χ3n) is 4.06. The molecule has 2 nitrogen and oxygen atoms in total. The molecule has 0 spiro atoms. The predicted molar refractivity (Wildman–Crippen MR) is 69.0 cm³/mol. The highest BCUT2D eigenvalue weighted by Crippen LogP contribution is 2.40. The molecule has 2 atom stereocenters. The van der Waals surface area contributed by atoms with E-state index in [1.165, 1.54) is 31.2 Å². The SMILES string of the molecule is OC(c1ccc(C2CC2)cc1)C1CCCCN1. The second-order valence-corrected chi connectivity index (χ2v) is 5.44. The summed E-state index contributed by atoms with van der Waals surface area (Å²) < 4.78 is 0. The van der Waals surface area contributed by atoms with Crippen molar-refractivity contribution in [1.29, 1.82) is 0 Å². The van der Waals surface area contributed by atoms with Crippen LogP contribution in [0.2, 0.25) is 0 Å². The van der Waals surface area contributed by atoms with Gasteiger partial charge in [-0.2, -0.15) is 0 Å². The van der Waals surface area contributed by atoms with Crippen LogP contribution in [0.15, 0.2) is 24.3 Å². The van der Waals surface area contributed by atoms with Crippen LogP contribution in [-0.4, -0.2) is 17.7 Å². The van der Waals surface area contributed by atoms with Gasteiger partial charge in [0, 0.05) is 6.04 Å². The van der Waals surface area contributed by atoms with Crippen LogP contribution in [0.25, 0.3) is 0 Å². The number of benzene rings is 1. The van der Waals surface area contributed by atoms with E-state index in [0.717, 1.165) is 24.4 Å². The van der Waals surface area contributed by atoms with Gasteiger partial charge in [0.15, 0.2) is 0 Å². The molecule has 0 amide bonds. The minimum atomic E-state index is -0.344. The van der Waals surface area contributed by atoms with E-state index >= 15 is 0 Å². The Balaban J connectivity index is 1.69. The molecule has 1 saturated carbocycles. The summed E-state index contributed by atoms with van der Waals surface area (Å²) in [5, 5.41) is 13.7. The first kappa shape index (κ1) is 11.2. The van der Waals surface area contributed by atoms with E-state index in [9.17, 15) is 5.11 Å². The molecule has 2 heteroatoms. The molecule has 0 bridgehead atoms. The molecule has 3 rings (SSSR count). The van der Waals surface area contributed by atoms with Crippen molar-refractivity contribution in [2.45, 2.75) is 50.2 Å². The third kappa shape index (κ3) is 2.53. The van der Waals surface area contributed by atoms with Gasteiger partial charge in [-0.3, -0.25) is 0 Å². The number of nitrogens with one attached hydrogen (secondary N) is 1. The van der Waals surface area contributed by atoms with E-state index in [1.807, 2.05) is 0 Å². The number of aliphatic hydroxyl groups is 1. The van der Waals surface area contributed by atoms with Crippen molar-refractivity contribution in [2.24, 2.45) is 0 Å². The fraction of sp³-hybridized carbons (Fsp3) is 0.600. The highest BCUT2D eigenvalue weighted by Gasteiger charge is 2.25. The van der Waals surface area contributed by atoms with Gasteiger partial charge in [0.25, 0.3) is 0 Å². The van der Waals surface area contributed by atoms with E-state index in [-0.39, 0.29) is 12.1 Å². The van der Waals surface area contributed by atoms with Crippen molar-refractivity contribution in [3.63, 3.8) is 0 Å². The van der Waals surface area contributed by atoms with E-state index in [2.05, 4.69) is 29.6 Å². The summed E-state index contributed by atoms with van der Waals surface area (Å²) in [4.78, 5) is 0. The highest BCUT2D eigenvalue weighted by atomic mass is 16.3. The lowest BCUT2D eigenvalue weighted by Gasteiger charge is -2.28. The first-order valence-electron chi connectivity index (χ1n) is 6.86. The van der Waals surface area contributed by atoms with Crippen LogP contribution in [0.5, 0.6) is 0 Å². The van der Waals surface area contributed by atoms with Crippen molar-refractivity contribution in [3.8, 4) is 0 Å². The van der Waals surface area contributed by atoms with E-state index in [4.69, 9.17) is 0 Å². The van der Waals surface area contributed by atoms with E-state index < -0.39 is 0 Å². The second kappa shape index (κ2) is 4.79. The summed E-state index contributed by atoms with van der Waals surface area (Å²) in [6, 6.07) is 8.84. The lowest BCUT2D eigenvalue weighted by Crippen LogP contribution is -2.38. The average molecular weight is 231 g/mol. The number of rotatable bonds is 3. The molecule has 1 aliphatic carbocycles. The molecule has 2 unspecified atom stereocenters.